The van der Waals surface area contributed by atoms with Crippen molar-refractivity contribution in [1.29, 1.82) is 0 Å². The highest BCUT2D eigenvalue weighted by molar-refractivity contribution is 5.91. The lowest BCUT2D eigenvalue weighted by molar-refractivity contribution is -0.115. The molecule has 28 heavy (non-hydrogen) atoms. The van der Waals surface area contributed by atoms with Crippen LogP contribution in [0.1, 0.15) is 5.56 Å². The van der Waals surface area contributed by atoms with Gasteiger partial charge in [0.2, 0.25) is 5.91 Å². The Bertz CT molecular complexity index is 978. The number of ether oxygens (including phenoxy) is 2. The Morgan fingerprint density at radius 1 is 0.929 bits per heavy atom. The van der Waals surface area contributed by atoms with Gasteiger partial charge in [-0.3, -0.25) is 4.79 Å². The minimum atomic E-state index is -0.337. The van der Waals surface area contributed by atoms with Crippen LogP contribution in [0.25, 0.3) is 0 Å². The maximum absolute atomic E-state index is 12.9. The van der Waals surface area contributed by atoms with E-state index in [9.17, 15) is 9.18 Å². The summed E-state index contributed by atoms with van der Waals surface area (Å²) < 4.78 is 24.0. The highest BCUT2D eigenvalue weighted by Crippen LogP contribution is 2.33. The van der Waals surface area contributed by atoms with E-state index in [0.717, 1.165) is 5.69 Å². The third kappa shape index (κ3) is 4.35. The first-order chi connectivity index (χ1) is 13.7. The Kier molecular flexibility index (Phi) is 5.01. The van der Waals surface area contributed by atoms with Gasteiger partial charge in [0.15, 0.2) is 23.1 Å². The van der Waals surface area contributed by atoms with E-state index in [0.29, 0.717) is 41.9 Å². The number of nitrogens with zero attached hydrogens (tertiary/aromatic N) is 2. The molecule has 1 aliphatic heterocycles. The molecular formula is C20H17FN4O3. The zero-order valence-corrected chi connectivity index (χ0v) is 14.8. The van der Waals surface area contributed by atoms with Crippen LogP contribution in [0.15, 0.2) is 54.6 Å². The molecule has 1 aliphatic rings. The molecule has 0 bridgehead atoms. The third-order valence-corrected chi connectivity index (χ3v) is 4.02. The van der Waals surface area contributed by atoms with Crippen molar-refractivity contribution in [1.82, 2.24) is 10.2 Å². The molecule has 0 fully saturated rings. The Balaban J connectivity index is 1.35. The molecule has 7 nitrogen and oxygen atoms in total. The summed E-state index contributed by atoms with van der Waals surface area (Å²) in [6, 6.07) is 14.6. The van der Waals surface area contributed by atoms with Crippen LogP contribution in [-0.4, -0.2) is 29.3 Å². The number of carbonyl (C=O) groups excluding carboxylic acids is 1. The molecule has 0 saturated carbocycles. The summed E-state index contributed by atoms with van der Waals surface area (Å²) in [5.41, 5.74) is 1.50. The molecule has 2 N–H and O–H groups in total. The van der Waals surface area contributed by atoms with Gasteiger partial charge in [-0.25, -0.2) is 4.39 Å². The van der Waals surface area contributed by atoms with Crippen molar-refractivity contribution in [3.63, 3.8) is 0 Å². The predicted octanol–water partition coefficient (Wildman–Crippen LogP) is 3.31. The van der Waals surface area contributed by atoms with Crippen LogP contribution in [0.5, 0.6) is 11.5 Å². The molecule has 2 heterocycles. The number of benzene rings is 2. The summed E-state index contributed by atoms with van der Waals surface area (Å²) >= 11 is 0. The largest absolute Gasteiger partial charge is 0.486 e. The number of rotatable bonds is 5. The fourth-order valence-electron chi connectivity index (χ4n) is 2.71. The quantitative estimate of drug-likeness (QED) is 0.706. The minimum absolute atomic E-state index is 0.124. The van der Waals surface area contributed by atoms with E-state index in [1.54, 1.807) is 24.3 Å². The van der Waals surface area contributed by atoms with Crippen molar-refractivity contribution in [2.75, 3.05) is 23.8 Å². The van der Waals surface area contributed by atoms with Crippen LogP contribution < -0.4 is 20.1 Å². The Morgan fingerprint density at radius 2 is 1.64 bits per heavy atom. The van der Waals surface area contributed by atoms with Crippen molar-refractivity contribution < 1.29 is 18.7 Å². The molecule has 142 valence electrons. The van der Waals surface area contributed by atoms with Gasteiger partial charge in [0.25, 0.3) is 0 Å². The van der Waals surface area contributed by atoms with E-state index < -0.39 is 0 Å². The average Bonchev–Trinajstić information content (AvgIpc) is 2.71. The molecular weight excluding hydrogens is 363 g/mol. The number of halogens is 1. The first-order valence-electron chi connectivity index (χ1n) is 8.70. The maximum Gasteiger partial charge on any atom is 0.229 e. The fourth-order valence-corrected chi connectivity index (χ4v) is 2.71. The van der Waals surface area contributed by atoms with E-state index in [1.165, 1.54) is 12.1 Å². The summed E-state index contributed by atoms with van der Waals surface area (Å²) in [4.78, 5) is 12.1. The van der Waals surface area contributed by atoms with Crippen molar-refractivity contribution in [3.8, 4) is 11.5 Å². The second-order valence-corrected chi connectivity index (χ2v) is 6.14. The van der Waals surface area contributed by atoms with Gasteiger partial charge in [-0.05, 0) is 42.0 Å². The van der Waals surface area contributed by atoms with Crippen molar-refractivity contribution in [2.24, 2.45) is 0 Å². The SMILES string of the molecule is O=C(Cc1ccc(F)cc1)Nc1ccc(Nc2ccc3c(c2)OCCO3)nn1. The zero-order chi connectivity index (χ0) is 19.3. The Morgan fingerprint density at radius 3 is 2.39 bits per heavy atom. The lowest BCUT2D eigenvalue weighted by Gasteiger charge is -2.19. The minimum Gasteiger partial charge on any atom is -0.486 e. The highest BCUT2D eigenvalue weighted by atomic mass is 19.1. The van der Waals surface area contributed by atoms with E-state index in [2.05, 4.69) is 20.8 Å². The van der Waals surface area contributed by atoms with E-state index in [1.807, 2.05) is 18.2 Å². The van der Waals surface area contributed by atoms with Gasteiger partial charge in [-0.15, -0.1) is 10.2 Å². The Labute approximate surface area is 160 Å². The van der Waals surface area contributed by atoms with Crippen LogP contribution in [0.2, 0.25) is 0 Å². The van der Waals surface area contributed by atoms with Gasteiger partial charge < -0.3 is 20.1 Å². The smallest absolute Gasteiger partial charge is 0.229 e. The molecule has 1 amide bonds. The first-order valence-corrected chi connectivity index (χ1v) is 8.70. The standard InChI is InChI=1S/C20H17FN4O3/c21-14-3-1-13(2-4-14)11-20(26)23-19-8-7-18(24-25-19)22-15-5-6-16-17(12-15)28-10-9-27-16/h1-8,12H,9-11H2,(H,22,24)(H,23,25,26). The summed E-state index contributed by atoms with van der Waals surface area (Å²) in [5, 5.41) is 13.8. The van der Waals surface area contributed by atoms with Crippen molar-refractivity contribution >= 4 is 23.2 Å². The normalized spacial score (nSPS) is 12.3. The van der Waals surface area contributed by atoms with Gasteiger partial charge in [0, 0.05) is 11.8 Å². The van der Waals surface area contributed by atoms with E-state index in [4.69, 9.17) is 9.47 Å². The zero-order valence-electron chi connectivity index (χ0n) is 14.8. The number of hydrogen-bond donors (Lipinski definition) is 2. The van der Waals surface area contributed by atoms with Crippen LogP contribution in [0.3, 0.4) is 0 Å². The molecule has 0 spiro atoms. The average molecular weight is 380 g/mol. The third-order valence-electron chi connectivity index (χ3n) is 4.02. The van der Waals surface area contributed by atoms with Crippen LogP contribution >= 0.6 is 0 Å². The molecule has 2 aromatic carbocycles. The number of amides is 1. The number of nitrogens with one attached hydrogen (secondary N) is 2. The molecule has 1 aromatic heterocycles. The van der Waals surface area contributed by atoms with Gasteiger partial charge in [0.05, 0.1) is 6.42 Å². The van der Waals surface area contributed by atoms with Crippen LogP contribution in [0, 0.1) is 5.82 Å². The molecule has 0 radical (unpaired) electrons. The molecule has 0 saturated heterocycles. The molecule has 0 unspecified atom stereocenters. The molecule has 0 atom stereocenters. The number of hydrogen-bond acceptors (Lipinski definition) is 6. The van der Waals surface area contributed by atoms with Gasteiger partial charge in [-0.1, -0.05) is 12.1 Å². The molecule has 3 aromatic rings. The second-order valence-electron chi connectivity index (χ2n) is 6.14. The van der Waals surface area contributed by atoms with Gasteiger partial charge in [0.1, 0.15) is 19.0 Å². The summed E-state index contributed by atoms with van der Waals surface area (Å²) in [6.07, 6.45) is 0.124. The summed E-state index contributed by atoms with van der Waals surface area (Å²) in [5.74, 6) is 1.65. The van der Waals surface area contributed by atoms with Gasteiger partial charge >= 0.3 is 0 Å². The number of carbonyl (C=O) groups is 1. The fraction of sp³-hybridized carbons (Fsp3) is 0.150. The highest BCUT2D eigenvalue weighted by Gasteiger charge is 2.12. The number of aromatic nitrogens is 2. The lowest BCUT2D eigenvalue weighted by atomic mass is 10.1. The van der Waals surface area contributed by atoms with E-state index >= 15 is 0 Å². The topological polar surface area (TPSA) is 85.4 Å². The number of fused-ring (bicyclic) bond motifs is 1. The first kappa shape index (κ1) is 17.7. The van der Waals surface area contributed by atoms with E-state index in [-0.39, 0.29) is 18.1 Å². The Hall–Kier alpha value is -3.68. The molecule has 4 rings (SSSR count). The van der Waals surface area contributed by atoms with Crippen LogP contribution in [0.4, 0.5) is 21.7 Å². The summed E-state index contributed by atoms with van der Waals surface area (Å²) in [7, 11) is 0. The predicted molar refractivity (Wildman–Crippen MR) is 101 cm³/mol. The number of anilines is 3. The molecule has 8 heteroatoms. The lowest BCUT2D eigenvalue weighted by Crippen LogP contribution is -2.16. The second kappa shape index (κ2) is 7.91. The monoisotopic (exact) mass is 380 g/mol. The van der Waals surface area contributed by atoms with Crippen molar-refractivity contribution in [3.05, 3.63) is 66.0 Å². The summed E-state index contributed by atoms with van der Waals surface area (Å²) in [6.45, 7) is 1.06. The maximum atomic E-state index is 12.9. The van der Waals surface area contributed by atoms with Crippen LogP contribution in [-0.2, 0) is 11.2 Å². The van der Waals surface area contributed by atoms with Crippen molar-refractivity contribution in [2.45, 2.75) is 6.42 Å². The van der Waals surface area contributed by atoms with Gasteiger partial charge in [-0.2, -0.15) is 0 Å². The molecule has 0 aliphatic carbocycles.